The second-order valence-electron chi connectivity index (χ2n) is 2.92. The molecule has 2 N–H and O–H groups in total. The number of nitrogens with one attached hydrogen (secondary N) is 2. The van der Waals surface area contributed by atoms with Gasteiger partial charge in [-0.3, -0.25) is 5.32 Å². The molecular weight excluding hydrogens is 229 g/mol. The summed E-state index contributed by atoms with van der Waals surface area (Å²) < 4.78 is 13.1. The lowest BCUT2D eigenvalue weighted by molar-refractivity contribution is 0.262. The summed E-state index contributed by atoms with van der Waals surface area (Å²) in [4.78, 5) is 15.1. The van der Waals surface area contributed by atoms with Crippen molar-refractivity contribution < 1.29 is 9.18 Å². The monoisotopic (exact) mass is 237 g/mol. The quantitative estimate of drug-likeness (QED) is 0.843. The highest BCUT2D eigenvalue weighted by molar-refractivity contribution is 7.08. The Labute approximate surface area is 95.1 Å². The number of aromatic nitrogens is 1. The van der Waals surface area contributed by atoms with Crippen LogP contribution < -0.4 is 10.6 Å². The van der Waals surface area contributed by atoms with Crippen molar-refractivity contribution in [3.05, 3.63) is 41.0 Å². The van der Waals surface area contributed by atoms with Crippen molar-refractivity contribution in [1.82, 2.24) is 4.98 Å². The van der Waals surface area contributed by atoms with E-state index in [4.69, 9.17) is 0 Å². The number of hydrogen-bond donors (Lipinski definition) is 2. The van der Waals surface area contributed by atoms with Crippen molar-refractivity contribution >= 4 is 28.9 Å². The Balaban J connectivity index is 2.00. The first-order valence-electron chi connectivity index (χ1n) is 4.46. The molecule has 2 aromatic rings. The lowest BCUT2D eigenvalue weighted by Crippen LogP contribution is -2.20. The van der Waals surface area contributed by atoms with Gasteiger partial charge >= 0.3 is 6.03 Å². The van der Waals surface area contributed by atoms with Gasteiger partial charge in [-0.2, -0.15) is 11.3 Å². The zero-order valence-electron chi connectivity index (χ0n) is 8.11. The molecule has 0 radical (unpaired) electrons. The van der Waals surface area contributed by atoms with E-state index in [1.807, 2.05) is 5.38 Å². The number of anilines is 2. The predicted molar refractivity (Wildman–Crippen MR) is 61.2 cm³/mol. The van der Waals surface area contributed by atoms with Crippen LogP contribution in [0.4, 0.5) is 20.7 Å². The summed E-state index contributed by atoms with van der Waals surface area (Å²) in [6, 6.07) is 3.92. The van der Waals surface area contributed by atoms with E-state index in [1.165, 1.54) is 29.7 Å². The van der Waals surface area contributed by atoms with E-state index in [1.54, 1.807) is 11.4 Å². The van der Waals surface area contributed by atoms with Crippen LogP contribution in [-0.2, 0) is 0 Å². The van der Waals surface area contributed by atoms with E-state index < -0.39 is 11.8 Å². The van der Waals surface area contributed by atoms with Crippen LogP contribution in [0.15, 0.2) is 35.2 Å². The number of thiophene rings is 1. The Morgan fingerprint density at radius 2 is 2.25 bits per heavy atom. The van der Waals surface area contributed by atoms with Gasteiger partial charge in [-0.15, -0.1) is 0 Å². The third kappa shape index (κ3) is 2.54. The SMILES string of the molecule is O=C(Nc1ccsc1)Nc1ncccc1F. The van der Waals surface area contributed by atoms with Crippen molar-refractivity contribution in [3.8, 4) is 0 Å². The van der Waals surface area contributed by atoms with Crippen LogP contribution in [0.3, 0.4) is 0 Å². The first kappa shape index (κ1) is 10.6. The predicted octanol–water partition coefficient (Wildman–Crippen LogP) is 2.93. The largest absolute Gasteiger partial charge is 0.324 e. The number of hydrogen-bond acceptors (Lipinski definition) is 3. The van der Waals surface area contributed by atoms with Gasteiger partial charge in [-0.05, 0) is 23.6 Å². The molecule has 4 nitrogen and oxygen atoms in total. The molecule has 0 atom stereocenters. The van der Waals surface area contributed by atoms with Crippen molar-refractivity contribution in [2.45, 2.75) is 0 Å². The summed E-state index contributed by atoms with van der Waals surface area (Å²) in [5.41, 5.74) is 0.666. The molecule has 0 saturated carbocycles. The molecule has 0 aliphatic carbocycles. The lowest BCUT2D eigenvalue weighted by Gasteiger charge is -2.05. The fourth-order valence-electron chi connectivity index (χ4n) is 1.08. The smallest absolute Gasteiger partial charge is 0.307 e. The van der Waals surface area contributed by atoms with Gasteiger partial charge in [0, 0.05) is 11.6 Å². The van der Waals surface area contributed by atoms with Crippen LogP contribution in [0.25, 0.3) is 0 Å². The van der Waals surface area contributed by atoms with Gasteiger partial charge in [-0.25, -0.2) is 14.2 Å². The summed E-state index contributed by atoms with van der Waals surface area (Å²) in [6.07, 6.45) is 1.41. The molecule has 0 aromatic carbocycles. The number of pyridine rings is 1. The molecule has 0 spiro atoms. The van der Waals surface area contributed by atoms with Gasteiger partial charge in [0.05, 0.1) is 5.69 Å². The Kier molecular flexibility index (Phi) is 3.11. The highest BCUT2D eigenvalue weighted by atomic mass is 32.1. The van der Waals surface area contributed by atoms with Crippen LogP contribution in [0.2, 0.25) is 0 Å². The zero-order chi connectivity index (χ0) is 11.4. The molecule has 0 saturated heterocycles. The molecular formula is C10H8FN3OS. The minimum atomic E-state index is -0.567. The average Bonchev–Trinajstić information content (AvgIpc) is 2.74. The molecule has 16 heavy (non-hydrogen) atoms. The molecule has 0 fully saturated rings. The number of carbonyl (C=O) groups is 1. The highest BCUT2D eigenvalue weighted by Crippen LogP contribution is 2.13. The van der Waals surface area contributed by atoms with Crippen LogP contribution >= 0.6 is 11.3 Å². The fraction of sp³-hybridized carbons (Fsp3) is 0. The second-order valence-corrected chi connectivity index (χ2v) is 3.71. The first-order chi connectivity index (χ1) is 7.75. The molecule has 0 aliphatic heterocycles. The van der Waals surface area contributed by atoms with Crippen molar-refractivity contribution in [3.63, 3.8) is 0 Å². The second kappa shape index (κ2) is 4.71. The molecule has 2 rings (SSSR count). The minimum absolute atomic E-state index is 0.0878. The lowest BCUT2D eigenvalue weighted by atomic mass is 10.4. The maximum absolute atomic E-state index is 13.1. The molecule has 2 amide bonds. The zero-order valence-corrected chi connectivity index (χ0v) is 8.92. The van der Waals surface area contributed by atoms with Gasteiger partial charge in [-0.1, -0.05) is 0 Å². The normalized spacial score (nSPS) is 9.81. The van der Waals surface area contributed by atoms with Gasteiger partial charge in [0.1, 0.15) is 0 Å². The topological polar surface area (TPSA) is 54.0 Å². The van der Waals surface area contributed by atoms with Crippen molar-refractivity contribution in [1.29, 1.82) is 0 Å². The van der Waals surface area contributed by atoms with E-state index >= 15 is 0 Å². The number of nitrogens with zero attached hydrogens (tertiary/aromatic N) is 1. The van der Waals surface area contributed by atoms with Gasteiger partial charge < -0.3 is 5.32 Å². The van der Waals surface area contributed by atoms with Crippen molar-refractivity contribution in [2.24, 2.45) is 0 Å². The summed E-state index contributed by atoms with van der Waals surface area (Å²) in [5.74, 6) is -0.654. The fourth-order valence-corrected chi connectivity index (χ4v) is 1.67. The van der Waals surface area contributed by atoms with Crippen LogP contribution in [0.5, 0.6) is 0 Å². The Morgan fingerprint density at radius 3 is 2.94 bits per heavy atom. The summed E-state index contributed by atoms with van der Waals surface area (Å²) in [5, 5.41) is 8.47. The Bertz CT molecular complexity index is 487. The number of urea groups is 1. The third-order valence-corrected chi connectivity index (χ3v) is 2.45. The maximum atomic E-state index is 13.1. The van der Waals surface area contributed by atoms with E-state index in [9.17, 15) is 9.18 Å². The van der Waals surface area contributed by atoms with E-state index in [0.29, 0.717) is 5.69 Å². The van der Waals surface area contributed by atoms with Crippen LogP contribution in [0, 0.1) is 5.82 Å². The van der Waals surface area contributed by atoms with E-state index in [2.05, 4.69) is 15.6 Å². The summed E-state index contributed by atoms with van der Waals surface area (Å²) >= 11 is 1.46. The maximum Gasteiger partial charge on any atom is 0.324 e. The first-order valence-corrected chi connectivity index (χ1v) is 5.41. The molecule has 0 bridgehead atoms. The van der Waals surface area contributed by atoms with Crippen LogP contribution in [-0.4, -0.2) is 11.0 Å². The number of amides is 2. The van der Waals surface area contributed by atoms with Crippen molar-refractivity contribution in [2.75, 3.05) is 10.6 Å². The Hall–Kier alpha value is -1.95. The molecule has 82 valence electrons. The van der Waals surface area contributed by atoms with E-state index in [0.717, 1.165) is 0 Å². The molecule has 0 aliphatic rings. The van der Waals surface area contributed by atoms with Gasteiger partial charge in [0.15, 0.2) is 11.6 Å². The molecule has 6 heteroatoms. The highest BCUT2D eigenvalue weighted by Gasteiger charge is 2.07. The van der Waals surface area contributed by atoms with Gasteiger partial charge in [0.2, 0.25) is 0 Å². The molecule has 0 unspecified atom stereocenters. The average molecular weight is 237 g/mol. The number of rotatable bonds is 2. The molecule has 2 aromatic heterocycles. The number of halogens is 1. The Morgan fingerprint density at radius 1 is 1.38 bits per heavy atom. The van der Waals surface area contributed by atoms with Gasteiger partial charge in [0.25, 0.3) is 0 Å². The summed E-state index contributed by atoms with van der Waals surface area (Å²) in [7, 11) is 0. The molecule has 2 heterocycles. The van der Waals surface area contributed by atoms with Crippen LogP contribution in [0.1, 0.15) is 0 Å². The third-order valence-electron chi connectivity index (χ3n) is 1.77. The van der Waals surface area contributed by atoms with E-state index in [-0.39, 0.29) is 5.82 Å². The standard InChI is InChI=1S/C10H8FN3OS/c11-8-2-1-4-12-9(8)14-10(15)13-7-3-5-16-6-7/h1-6H,(H2,12,13,14,15). The number of carbonyl (C=O) groups excluding carboxylic acids is 1. The minimum Gasteiger partial charge on any atom is -0.307 e. The summed E-state index contributed by atoms with van der Waals surface area (Å²) in [6.45, 7) is 0.